The van der Waals surface area contributed by atoms with E-state index >= 15 is 0 Å². The molecule has 0 aliphatic carbocycles. The topological polar surface area (TPSA) is 105 Å². The minimum atomic E-state index is -3.05. The standard InChI is InChI=1S/C15H26N4O4S2/c1-4-6-8-19-14(21)16-17-15(19)24-11(3)13(20)18(5-2)12-7-9-25(22,23)10-12/h11-12H,4-10H2,1-3H3,(H,16,21). The molecule has 1 aromatic rings. The van der Waals surface area contributed by atoms with Gasteiger partial charge in [0.05, 0.1) is 16.8 Å². The monoisotopic (exact) mass is 390 g/mol. The van der Waals surface area contributed by atoms with Crippen LogP contribution in [0.15, 0.2) is 9.95 Å². The van der Waals surface area contributed by atoms with E-state index < -0.39 is 15.1 Å². The lowest BCUT2D eigenvalue weighted by Gasteiger charge is -2.29. The van der Waals surface area contributed by atoms with E-state index in [0.717, 1.165) is 12.8 Å². The average Bonchev–Trinajstić information content (AvgIpc) is 3.08. The van der Waals surface area contributed by atoms with Crippen LogP contribution in [0.3, 0.4) is 0 Å². The minimum absolute atomic E-state index is 0.0353. The summed E-state index contributed by atoms with van der Waals surface area (Å²) in [7, 11) is -3.05. The number of sulfone groups is 1. The van der Waals surface area contributed by atoms with Gasteiger partial charge in [0.25, 0.3) is 0 Å². The quantitative estimate of drug-likeness (QED) is 0.661. The van der Waals surface area contributed by atoms with Crippen molar-refractivity contribution in [2.24, 2.45) is 0 Å². The third kappa shape index (κ3) is 4.87. The van der Waals surface area contributed by atoms with Crippen LogP contribution in [-0.4, -0.2) is 63.3 Å². The van der Waals surface area contributed by atoms with Crippen LogP contribution in [0.5, 0.6) is 0 Å². The van der Waals surface area contributed by atoms with Crippen molar-refractivity contribution in [1.82, 2.24) is 19.7 Å². The Morgan fingerprint density at radius 1 is 1.48 bits per heavy atom. The summed E-state index contributed by atoms with van der Waals surface area (Å²) in [6.07, 6.45) is 2.30. The molecule has 1 aliphatic heterocycles. The van der Waals surface area contributed by atoms with Gasteiger partial charge in [0.2, 0.25) is 5.91 Å². The predicted octanol–water partition coefficient (Wildman–Crippen LogP) is 0.888. The summed E-state index contributed by atoms with van der Waals surface area (Å²) in [6.45, 7) is 6.69. The van der Waals surface area contributed by atoms with Crippen LogP contribution in [0.4, 0.5) is 0 Å². The molecule has 142 valence electrons. The summed E-state index contributed by atoms with van der Waals surface area (Å²) in [4.78, 5) is 26.3. The first kappa shape index (κ1) is 20.0. The van der Waals surface area contributed by atoms with Crippen LogP contribution in [0.2, 0.25) is 0 Å². The van der Waals surface area contributed by atoms with Gasteiger partial charge in [0, 0.05) is 19.1 Å². The summed E-state index contributed by atoms with van der Waals surface area (Å²) in [6, 6.07) is -0.257. The van der Waals surface area contributed by atoms with E-state index in [1.54, 1.807) is 16.4 Å². The van der Waals surface area contributed by atoms with Crippen molar-refractivity contribution in [3.05, 3.63) is 10.5 Å². The van der Waals surface area contributed by atoms with Gasteiger partial charge >= 0.3 is 5.69 Å². The summed E-state index contributed by atoms with van der Waals surface area (Å²) in [5.41, 5.74) is -0.273. The molecule has 1 aliphatic rings. The zero-order valence-electron chi connectivity index (χ0n) is 14.9. The fraction of sp³-hybridized carbons (Fsp3) is 0.800. The zero-order chi connectivity index (χ0) is 18.6. The second kappa shape index (κ2) is 8.39. The summed E-state index contributed by atoms with van der Waals surface area (Å²) in [5, 5.41) is 6.50. The summed E-state index contributed by atoms with van der Waals surface area (Å²) < 4.78 is 24.9. The molecule has 0 saturated carbocycles. The molecule has 0 bridgehead atoms. The fourth-order valence-corrected chi connectivity index (χ4v) is 5.65. The van der Waals surface area contributed by atoms with Gasteiger partial charge in [-0.3, -0.25) is 9.36 Å². The highest BCUT2D eigenvalue weighted by Gasteiger charge is 2.35. The van der Waals surface area contributed by atoms with Gasteiger partial charge in [0.15, 0.2) is 15.0 Å². The Morgan fingerprint density at radius 2 is 2.20 bits per heavy atom. The van der Waals surface area contributed by atoms with Crippen LogP contribution < -0.4 is 5.69 Å². The Balaban J connectivity index is 2.08. The number of aromatic nitrogens is 3. The molecule has 8 nitrogen and oxygen atoms in total. The number of aromatic amines is 1. The molecular formula is C15H26N4O4S2. The highest BCUT2D eigenvalue weighted by molar-refractivity contribution is 8.00. The smallest absolute Gasteiger partial charge is 0.338 e. The van der Waals surface area contributed by atoms with E-state index in [0.29, 0.717) is 24.7 Å². The van der Waals surface area contributed by atoms with E-state index in [1.165, 1.54) is 11.8 Å². The highest BCUT2D eigenvalue weighted by Crippen LogP contribution is 2.25. The third-order valence-corrected chi connectivity index (χ3v) is 7.19. The Morgan fingerprint density at radius 3 is 2.76 bits per heavy atom. The molecule has 2 rings (SSSR count). The number of nitrogens with zero attached hydrogens (tertiary/aromatic N) is 3. The molecule has 1 aromatic heterocycles. The van der Waals surface area contributed by atoms with E-state index in [1.807, 2.05) is 13.8 Å². The molecule has 1 fully saturated rings. The number of carbonyl (C=O) groups is 1. The van der Waals surface area contributed by atoms with Gasteiger partial charge in [-0.1, -0.05) is 25.1 Å². The van der Waals surface area contributed by atoms with Crippen molar-refractivity contribution in [2.75, 3.05) is 18.1 Å². The average molecular weight is 391 g/mol. The SMILES string of the molecule is CCCCn1c(SC(C)C(=O)N(CC)C2CCS(=O)(=O)C2)n[nH]c1=O. The Kier molecular flexibility index (Phi) is 6.72. The Bertz CT molecular complexity index is 756. The van der Waals surface area contributed by atoms with Crippen molar-refractivity contribution in [2.45, 2.75) is 63.0 Å². The molecule has 10 heteroatoms. The van der Waals surface area contributed by atoms with Crippen LogP contribution in [0, 0.1) is 0 Å². The fourth-order valence-electron chi connectivity index (χ4n) is 2.96. The third-order valence-electron chi connectivity index (χ3n) is 4.36. The first-order chi connectivity index (χ1) is 11.8. The molecule has 1 saturated heterocycles. The second-order valence-electron chi connectivity index (χ2n) is 6.26. The van der Waals surface area contributed by atoms with Gasteiger partial charge in [-0.2, -0.15) is 0 Å². The second-order valence-corrected chi connectivity index (χ2v) is 9.79. The number of thioether (sulfide) groups is 1. The van der Waals surface area contributed by atoms with E-state index in [4.69, 9.17) is 0 Å². The molecule has 2 heterocycles. The van der Waals surface area contributed by atoms with Crippen LogP contribution in [-0.2, 0) is 21.2 Å². The van der Waals surface area contributed by atoms with Gasteiger partial charge in [-0.25, -0.2) is 18.3 Å². The maximum atomic E-state index is 12.8. The summed E-state index contributed by atoms with van der Waals surface area (Å²) >= 11 is 1.23. The van der Waals surface area contributed by atoms with Crippen LogP contribution >= 0.6 is 11.8 Å². The number of nitrogens with one attached hydrogen (secondary N) is 1. The van der Waals surface area contributed by atoms with E-state index in [9.17, 15) is 18.0 Å². The zero-order valence-corrected chi connectivity index (χ0v) is 16.5. The number of carbonyl (C=O) groups excluding carboxylic acids is 1. The van der Waals surface area contributed by atoms with Crippen LogP contribution in [0.25, 0.3) is 0 Å². The molecule has 1 N–H and O–H groups in total. The lowest BCUT2D eigenvalue weighted by atomic mass is 10.2. The van der Waals surface area contributed by atoms with Crippen molar-refractivity contribution < 1.29 is 13.2 Å². The van der Waals surface area contributed by atoms with E-state index in [-0.39, 0.29) is 29.1 Å². The number of unbranched alkanes of at least 4 members (excludes halogenated alkanes) is 1. The van der Waals surface area contributed by atoms with Gasteiger partial charge in [-0.15, -0.1) is 5.10 Å². The Labute approximate surface area is 152 Å². The van der Waals surface area contributed by atoms with Crippen molar-refractivity contribution in [3.8, 4) is 0 Å². The maximum absolute atomic E-state index is 12.8. The maximum Gasteiger partial charge on any atom is 0.343 e. The lowest BCUT2D eigenvalue weighted by Crippen LogP contribution is -2.44. The number of hydrogen-bond acceptors (Lipinski definition) is 6. The van der Waals surface area contributed by atoms with Crippen molar-refractivity contribution >= 4 is 27.5 Å². The minimum Gasteiger partial charge on any atom is -0.338 e. The number of H-pyrrole nitrogens is 1. The van der Waals surface area contributed by atoms with Crippen molar-refractivity contribution in [3.63, 3.8) is 0 Å². The lowest BCUT2D eigenvalue weighted by molar-refractivity contribution is -0.131. The highest BCUT2D eigenvalue weighted by atomic mass is 32.2. The number of hydrogen-bond donors (Lipinski definition) is 1. The van der Waals surface area contributed by atoms with E-state index in [2.05, 4.69) is 10.2 Å². The number of amides is 1. The van der Waals surface area contributed by atoms with Gasteiger partial charge in [0.1, 0.15) is 0 Å². The van der Waals surface area contributed by atoms with Crippen LogP contribution in [0.1, 0.15) is 40.0 Å². The first-order valence-corrected chi connectivity index (χ1v) is 11.3. The Hall–Kier alpha value is -1.29. The molecule has 0 spiro atoms. The number of rotatable bonds is 8. The van der Waals surface area contributed by atoms with Gasteiger partial charge in [-0.05, 0) is 26.7 Å². The first-order valence-electron chi connectivity index (χ1n) is 8.61. The normalized spacial score (nSPS) is 20.5. The molecule has 25 heavy (non-hydrogen) atoms. The van der Waals surface area contributed by atoms with Gasteiger partial charge < -0.3 is 4.90 Å². The predicted molar refractivity (Wildman–Crippen MR) is 97.5 cm³/mol. The summed E-state index contributed by atoms with van der Waals surface area (Å²) in [5.74, 6) is 0.0547. The molecule has 0 radical (unpaired) electrons. The molecule has 2 unspecified atom stereocenters. The largest absolute Gasteiger partial charge is 0.343 e. The molecule has 1 amide bonds. The molecule has 2 atom stereocenters. The molecule has 0 aromatic carbocycles. The van der Waals surface area contributed by atoms with Crippen molar-refractivity contribution in [1.29, 1.82) is 0 Å². The molecular weight excluding hydrogens is 364 g/mol.